The first-order valence-electron chi connectivity index (χ1n) is 7.85. The first-order valence-corrected chi connectivity index (χ1v) is 7.85. The predicted molar refractivity (Wildman–Crippen MR) is 88.6 cm³/mol. The smallest absolute Gasteiger partial charge is 0.225 e. The molecule has 1 atom stereocenters. The number of nitrogens with one attached hydrogen (secondary N) is 2. The summed E-state index contributed by atoms with van der Waals surface area (Å²) in [6.45, 7) is 3.59. The molecule has 5 nitrogen and oxygen atoms in total. The summed E-state index contributed by atoms with van der Waals surface area (Å²) in [4.78, 5) is 8.95. The molecule has 0 spiro atoms. The molecule has 3 N–H and O–H groups in total. The zero-order valence-corrected chi connectivity index (χ0v) is 13.3. The number of rotatable bonds is 6. The highest BCUT2D eigenvalue weighted by Gasteiger charge is 2.26. The molecule has 0 saturated heterocycles. The lowest BCUT2D eigenvalue weighted by Gasteiger charge is -2.15. The fourth-order valence-electron chi connectivity index (χ4n) is 2.33. The Morgan fingerprint density at radius 3 is 2.83 bits per heavy atom. The fraction of sp³-hybridized carbons (Fsp3) is 0.412. The average Bonchev–Trinajstić information content (AvgIpc) is 3.36. The van der Waals surface area contributed by atoms with Crippen LogP contribution in [-0.2, 0) is 0 Å². The van der Waals surface area contributed by atoms with Gasteiger partial charge >= 0.3 is 0 Å². The van der Waals surface area contributed by atoms with Gasteiger partial charge in [0.25, 0.3) is 0 Å². The van der Waals surface area contributed by atoms with Crippen LogP contribution in [0.15, 0.2) is 24.3 Å². The van der Waals surface area contributed by atoms with Crippen LogP contribution in [0.2, 0.25) is 0 Å². The van der Waals surface area contributed by atoms with Crippen molar-refractivity contribution in [2.24, 2.45) is 0 Å². The van der Waals surface area contributed by atoms with Crippen LogP contribution in [-0.4, -0.2) is 27.7 Å². The zero-order valence-electron chi connectivity index (χ0n) is 13.3. The minimum atomic E-state index is -0.251. The second-order valence-electron chi connectivity index (χ2n) is 6.04. The van der Waals surface area contributed by atoms with E-state index in [1.165, 1.54) is 6.07 Å². The van der Waals surface area contributed by atoms with E-state index in [2.05, 4.69) is 20.6 Å². The Morgan fingerprint density at radius 1 is 1.35 bits per heavy atom. The molecule has 23 heavy (non-hydrogen) atoms. The molecule has 1 aromatic carbocycles. The molecule has 6 heteroatoms. The highest BCUT2D eigenvalue weighted by molar-refractivity contribution is 5.61. The number of aliphatic hydroxyl groups excluding tert-OH is 1. The maximum atomic E-state index is 13.7. The van der Waals surface area contributed by atoms with Crippen molar-refractivity contribution in [3.63, 3.8) is 0 Å². The van der Waals surface area contributed by atoms with E-state index < -0.39 is 0 Å². The molecule has 1 aliphatic rings. The largest absolute Gasteiger partial charge is 0.394 e. The highest BCUT2D eigenvalue weighted by Crippen LogP contribution is 2.40. The van der Waals surface area contributed by atoms with Crippen molar-refractivity contribution >= 4 is 17.5 Å². The first-order chi connectivity index (χ1) is 11.1. The number of aromatic nitrogens is 2. The van der Waals surface area contributed by atoms with Crippen LogP contribution in [0.1, 0.15) is 36.9 Å². The molecule has 0 amide bonds. The summed E-state index contributed by atoms with van der Waals surface area (Å²) < 4.78 is 13.7. The molecule has 2 aromatic rings. The van der Waals surface area contributed by atoms with Crippen LogP contribution in [0.5, 0.6) is 0 Å². The molecule has 0 unspecified atom stereocenters. The van der Waals surface area contributed by atoms with E-state index in [1.54, 1.807) is 13.0 Å². The van der Waals surface area contributed by atoms with Crippen molar-refractivity contribution in [2.45, 2.75) is 38.6 Å². The van der Waals surface area contributed by atoms with Gasteiger partial charge in [0.2, 0.25) is 5.95 Å². The molecule has 1 aromatic heterocycles. The molecule has 122 valence electrons. The second kappa shape index (κ2) is 6.50. The molecule has 3 rings (SSSR count). The Bertz CT molecular complexity index is 703. The lowest BCUT2D eigenvalue weighted by atomic mass is 10.2. The van der Waals surface area contributed by atoms with E-state index in [1.807, 2.05) is 19.1 Å². The minimum Gasteiger partial charge on any atom is -0.394 e. The monoisotopic (exact) mass is 316 g/mol. The van der Waals surface area contributed by atoms with Crippen molar-refractivity contribution in [3.8, 4) is 0 Å². The third-order valence-electron chi connectivity index (χ3n) is 3.92. The molecule has 0 aliphatic heterocycles. The van der Waals surface area contributed by atoms with Crippen LogP contribution in [0.3, 0.4) is 0 Å². The Kier molecular flexibility index (Phi) is 4.43. The zero-order chi connectivity index (χ0) is 16.4. The van der Waals surface area contributed by atoms with Gasteiger partial charge in [0.15, 0.2) is 0 Å². The maximum absolute atomic E-state index is 13.7. The van der Waals surface area contributed by atoms with Crippen LogP contribution in [0, 0.1) is 12.7 Å². The Labute approximate surface area is 135 Å². The molecule has 1 fully saturated rings. The maximum Gasteiger partial charge on any atom is 0.225 e. The van der Waals surface area contributed by atoms with Crippen LogP contribution in [0.4, 0.5) is 21.8 Å². The SMILES string of the molecule is Cc1c(F)cccc1Nc1cc(C2CC2)nc(N[C@@H](C)CO)n1. The Balaban J connectivity index is 1.89. The number of benzene rings is 1. The Hall–Kier alpha value is -2.21. The first kappa shape index (κ1) is 15.7. The number of halogens is 1. The van der Waals surface area contributed by atoms with E-state index in [0.717, 1.165) is 18.5 Å². The third kappa shape index (κ3) is 3.76. The highest BCUT2D eigenvalue weighted by atomic mass is 19.1. The number of aliphatic hydroxyl groups is 1. The van der Waals surface area contributed by atoms with Crippen molar-refractivity contribution in [3.05, 3.63) is 41.3 Å². The lowest BCUT2D eigenvalue weighted by molar-refractivity contribution is 0.281. The molecule has 1 aliphatic carbocycles. The van der Waals surface area contributed by atoms with Gasteiger partial charge in [-0.15, -0.1) is 0 Å². The average molecular weight is 316 g/mol. The van der Waals surface area contributed by atoms with Crippen LogP contribution in [0.25, 0.3) is 0 Å². The Morgan fingerprint density at radius 2 is 2.13 bits per heavy atom. The number of hydrogen-bond acceptors (Lipinski definition) is 5. The second-order valence-corrected chi connectivity index (χ2v) is 6.04. The van der Waals surface area contributed by atoms with Gasteiger partial charge in [0, 0.05) is 29.3 Å². The summed E-state index contributed by atoms with van der Waals surface area (Å²) in [5.41, 5.74) is 2.22. The normalized spacial score (nSPS) is 15.3. The summed E-state index contributed by atoms with van der Waals surface area (Å²) in [7, 11) is 0. The summed E-state index contributed by atoms with van der Waals surface area (Å²) >= 11 is 0. The topological polar surface area (TPSA) is 70.1 Å². The van der Waals surface area contributed by atoms with Gasteiger partial charge in [-0.1, -0.05) is 6.07 Å². The number of hydrogen-bond donors (Lipinski definition) is 3. The predicted octanol–water partition coefficient (Wildman–Crippen LogP) is 3.34. The standard InChI is InChI=1S/C17H21FN4O/c1-10(9-23)19-17-21-15(12-6-7-12)8-16(22-17)20-14-5-3-4-13(18)11(14)2/h3-5,8,10,12,23H,6-7,9H2,1-2H3,(H2,19,20,21,22)/t10-/m0/s1. The van der Waals surface area contributed by atoms with E-state index in [4.69, 9.17) is 0 Å². The van der Waals surface area contributed by atoms with E-state index in [0.29, 0.717) is 28.9 Å². The molecular weight excluding hydrogens is 295 g/mol. The molecule has 1 heterocycles. The van der Waals surface area contributed by atoms with Gasteiger partial charge in [0.1, 0.15) is 11.6 Å². The van der Waals surface area contributed by atoms with Crippen molar-refractivity contribution in [1.29, 1.82) is 0 Å². The molecule has 0 radical (unpaired) electrons. The summed E-state index contributed by atoms with van der Waals surface area (Å²) in [5.74, 6) is 1.33. The third-order valence-corrected chi connectivity index (χ3v) is 3.92. The van der Waals surface area contributed by atoms with E-state index in [-0.39, 0.29) is 18.5 Å². The van der Waals surface area contributed by atoms with Gasteiger partial charge in [-0.3, -0.25) is 0 Å². The number of nitrogens with zero attached hydrogens (tertiary/aromatic N) is 2. The molecule has 0 bridgehead atoms. The van der Waals surface area contributed by atoms with Gasteiger partial charge in [-0.2, -0.15) is 4.98 Å². The number of anilines is 3. The lowest BCUT2D eigenvalue weighted by Crippen LogP contribution is -2.21. The fourth-order valence-corrected chi connectivity index (χ4v) is 2.33. The van der Waals surface area contributed by atoms with Crippen LogP contribution < -0.4 is 10.6 Å². The summed E-state index contributed by atoms with van der Waals surface area (Å²) in [6.07, 6.45) is 2.26. The minimum absolute atomic E-state index is 0.00276. The summed E-state index contributed by atoms with van der Waals surface area (Å²) in [5, 5.41) is 15.4. The van der Waals surface area contributed by atoms with Gasteiger partial charge in [-0.05, 0) is 38.8 Å². The molecular formula is C17H21FN4O. The quantitative estimate of drug-likeness (QED) is 0.762. The molecule has 1 saturated carbocycles. The van der Waals surface area contributed by atoms with E-state index in [9.17, 15) is 9.50 Å². The van der Waals surface area contributed by atoms with E-state index >= 15 is 0 Å². The van der Waals surface area contributed by atoms with Crippen molar-refractivity contribution < 1.29 is 9.50 Å². The van der Waals surface area contributed by atoms with Gasteiger partial charge in [0.05, 0.1) is 12.3 Å². The van der Waals surface area contributed by atoms with Crippen LogP contribution >= 0.6 is 0 Å². The van der Waals surface area contributed by atoms with Crippen molar-refractivity contribution in [1.82, 2.24) is 9.97 Å². The van der Waals surface area contributed by atoms with Gasteiger partial charge < -0.3 is 15.7 Å². The van der Waals surface area contributed by atoms with Gasteiger partial charge in [-0.25, -0.2) is 9.37 Å². The summed E-state index contributed by atoms with van der Waals surface area (Å²) in [6, 6.07) is 6.71. The van der Waals surface area contributed by atoms with Crippen molar-refractivity contribution in [2.75, 3.05) is 17.2 Å².